The molecule has 7 heteroatoms. The fourth-order valence-corrected chi connectivity index (χ4v) is 5.07. The first kappa shape index (κ1) is 18.4. The number of halogens is 1. The highest BCUT2D eigenvalue weighted by molar-refractivity contribution is 9.10. The van der Waals surface area contributed by atoms with E-state index in [0.29, 0.717) is 34.8 Å². The van der Waals surface area contributed by atoms with E-state index in [1.165, 1.54) is 11.1 Å². The van der Waals surface area contributed by atoms with Crippen LogP contribution in [0.25, 0.3) is 0 Å². The molecule has 0 aromatic carbocycles. The van der Waals surface area contributed by atoms with Gasteiger partial charge in [-0.25, -0.2) is 4.68 Å². The molecule has 1 heterocycles. The van der Waals surface area contributed by atoms with E-state index in [0.717, 1.165) is 23.9 Å². The molecule has 0 spiro atoms. The van der Waals surface area contributed by atoms with E-state index in [1.54, 1.807) is 6.20 Å². The molecule has 0 unspecified atom stereocenters. The number of nitrogens with zero attached hydrogens (tertiary/aromatic N) is 2. The summed E-state index contributed by atoms with van der Waals surface area (Å²) in [6.45, 7) is 7.35. The van der Waals surface area contributed by atoms with Crippen LogP contribution in [-0.4, -0.2) is 26.9 Å². The van der Waals surface area contributed by atoms with Crippen LogP contribution >= 0.6 is 15.9 Å². The molecule has 3 saturated carbocycles. The molecule has 4 rings (SSSR count). The van der Waals surface area contributed by atoms with Crippen LogP contribution in [0.1, 0.15) is 46.5 Å². The maximum Gasteiger partial charge on any atom is 0.303 e. The van der Waals surface area contributed by atoms with Crippen molar-refractivity contribution in [3.63, 3.8) is 0 Å². The molecule has 4 atom stereocenters. The Balaban J connectivity index is 1.69. The van der Waals surface area contributed by atoms with Crippen LogP contribution in [0.2, 0.25) is 0 Å². The van der Waals surface area contributed by atoms with Gasteiger partial charge in [0.2, 0.25) is 0 Å². The highest BCUT2D eigenvalue weighted by Crippen LogP contribution is 2.61. The SMILES string of the molecule is C[C@@H]1[C@H]2C[C@@H](C[C@H]1Nc1cnn(CCCC(=O)O)c(=O)c1Br)C2(C)C. The molecular weight excluding hydrogens is 386 g/mol. The van der Waals surface area contributed by atoms with Gasteiger partial charge in [-0.2, -0.15) is 5.10 Å². The lowest BCUT2D eigenvalue weighted by atomic mass is 9.45. The van der Waals surface area contributed by atoms with Gasteiger partial charge in [0.25, 0.3) is 5.56 Å². The number of fused-ring (bicyclic) bond motifs is 2. The first-order chi connectivity index (χ1) is 11.7. The number of nitrogens with one attached hydrogen (secondary N) is 1. The molecule has 3 fully saturated rings. The summed E-state index contributed by atoms with van der Waals surface area (Å²) in [6.07, 6.45) is 4.53. The molecule has 2 bridgehead atoms. The van der Waals surface area contributed by atoms with Crippen molar-refractivity contribution in [2.24, 2.45) is 23.2 Å². The summed E-state index contributed by atoms with van der Waals surface area (Å²) < 4.78 is 1.80. The van der Waals surface area contributed by atoms with Gasteiger partial charge in [-0.05, 0) is 58.4 Å². The van der Waals surface area contributed by atoms with Gasteiger partial charge < -0.3 is 10.4 Å². The molecule has 2 N–H and O–H groups in total. The van der Waals surface area contributed by atoms with E-state index in [9.17, 15) is 9.59 Å². The van der Waals surface area contributed by atoms with Crippen LogP contribution in [0.4, 0.5) is 5.69 Å². The Morgan fingerprint density at radius 3 is 2.80 bits per heavy atom. The second kappa shape index (κ2) is 6.74. The van der Waals surface area contributed by atoms with Gasteiger partial charge >= 0.3 is 5.97 Å². The summed E-state index contributed by atoms with van der Waals surface area (Å²) in [5.41, 5.74) is 0.945. The Hall–Kier alpha value is -1.37. The number of carboxylic acid groups (broad SMARTS) is 1. The second-order valence-corrected chi connectivity index (χ2v) is 8.90. The molecule has 1 aromatic rings. The number of carboxylic acids is 1. The first-order valence-electron chi connectivity index (χ1n) is 8.95. The highest BCUT2D eigenvalue weighted by Gasteiger charge is 2.56. The van der Waals surface area contributed by atoms with Gasteiger partial charge in [-0.15, -0.1) is 0 Å². The van der Waals surface area contributed by atoms with Crippen molar-refractivity contribution in [3.8, 4) is 0 Å². The normalized spacial score (nSPS) is 29.8. The average Bonchev–Trinajstić information content (AvgIpc) is 2.54. The summed E-state index contributed by atoms with van der Waals surface area (Å²) >= 11 is 3.40. The summed E-state index contributed by atoms with van der Waals surface area (Å²) in [6, 6.07) is 0.358. The number of hydrogen-bond acceptors (Lipinski definition) is 4. The summed E-state index contributed by atoms with van der Waals surface area (Å²) in [5, 5.41) is 16.4. The number of aliphatic carboxylic acids is 1. The van der Waals surface area contributed by atoms with Crippen molar-refractivity contribution in [2.75, 3.05) is 5.32 Å². The van der Waals surface area contributed by atoms with E-state index in [-0.39, 0.29) is 12.0 Å². The molecule has 138 valence electrons. The lowest BCUT2D eigenvalue weighted by Crippen LogP contribution is -2.58. The lowest BCUT2D eigenvalue weighted by Gasteiger charge is -2.62. The van der Waals surface area contributed by atoms with Crippen LogP contribution in [0.3, 0.4) is 0 Å². The predicted molar refractivity (Wildman–Crippen MR) is 99.6 cm³/mol. The fourth-order valence-electron chi connectivity index (χ4n) is 4.65. The number of rotatable bonds is 6. The van der Waals surface area contributed by atoms with Crippen molar-refractivity contribution in [1.29, 1.82) is 0 Å². The fraction of sp³-hybridized carbons (Fsp3) is 0.722. The molecule has 0 amide bonds. The van der Waals surface area contributed by atoms with Crippen molar-refractivity contribution in [1.82, 2.24) is 9.78 Å². The predicted octanol–water partition coefficient (Wildman–Crippen LogP) is 3.35. The lowest BCUT2D eigenvalue weighted by molar-refractivity contribution is -0.137. The number of carbonyl (C=O) groups is 1. The number of aryl methyl sites for hydroxylation is 1. The van der Waals surface area contributed by atoms with Gasteiger partial charge in [0, 0.05) is 19.0 Å². The van der Waals surface area contributed by atoms with Crippen molar-refractivity contribution < 1.29 is 9.90 Å². The molecular formula is C18H26BrN3O3. The summed E-state index contributed by atoms with van der Waals surface area (Å²) in [5.74, 6) is 1.17. The third-order valence-corrected chi connectivity index (χ3v) is 7.21. The van der Waals surface area contributed by atoms with E-state index in [1.807, 2.05) is 0 Å². The third-order valence-electron chi connectivity index (χ3n) is 6.44. The largest absolute Gasteiger partial charge is 0.481 e. The zero-order valence-corrected chi connectivity index (χ0v) is 16.5. The van der Waals surface area contributed by atoms with Gasteiger partial charge in [-0.3, -0.25) is 9.59 Å². The van der Waals surface area contributed by atoms with Gasteiger partial charge in [0.15, 0.2) is 0 Å². The molecule has 6 nitrogen and oxygen atoms in total. The molecule has 3 aliphatic carbocycles. The van der Waals surface area contributed by atoms with E-state index in [4.69, 9.17) is 5.11 Å². The van der Waals surface area contributed by atoms with Crippen molar-refractivity contribution in [3.05, 3.63) is 21.0 Å². The van der Waals surface area contributed by atoms with Gasteiger partial charge in [-0.1, -0.05) is 20.8 Å². The van der Waals surface area contributed by atoms with Crippen LogP contribution in [0.5, 0.6) is 0 Å². The van der Waals surface area contributed by atoms with Crippen LogP contribution in [0.15, 0.2) is 15.5 Å². The molecule has 3 aliphatic rings. The van der Waals surface area contributed by atoms with E-state index < -0.39 is 5.97 Å². The van der Waals surface area contributed by atoms with Crippen LogP contribution in [0, 0.1) is 23.2 Å². The Bertz CT molecular complexity index is 731. The topological polar surface area (TPSA) is 84.2 Å². The maximum absolute atomic E-state index is 12.4. The minimum absolute atomic E-state index is 0.0316. The third kappa shape index (κ3) is 3.35. The van der Waals surface area contributed by atoms with E-state index in [2.05, 4.69) is 47.1 Å². The smallest absolute Gasteiger partial charge is 0.303 e. The monoisotopic (exact) mass is 411 g/mol. The number of aromatic nitrogens is 2. The Morgan fingerprint density at radius 1 is 1.48 bits per heavy atom. The van der Waals surface area contributed by atoms with Crippen LogP contribution < -0.4 is 10.9 Å². The van der Waals surface area contributed by atoms with Crippen LogP contribution in [-0.2, 0) is 11.3 Å². The standard InChI is InChI=1S/C18H26BrN3O3/c1-10-12-7-11(18(12,2)3)8-13(10)21-14-9-20-22(17(25)16(14)19)6-4-5-15(23)24/h9-13,21H,4-8H2,1-3H3,(H,23,24)/t10-,11+,12-,13-/m1/s1. The summed E-state index contributed by atoms with van der Waals surface area (Å²) in [4.78, 5) is 23.0. The highest BCUT2D eigenvalue weighted by atomic mass is 79.9. The first-order valence-corrected chi connectivity index (χ1v) is 9.75. The molecule has 0 radical (unpaired) electrons. The van der Waals surface area contributed by atoms with Gasteiger partial charge in [0.1, 0.15) is 4.47 Å². The minimum Gasteiger partial charge on any atom is -0.481 e. The van der Waals surface area contributed by atoms with E-state index >= 15 is 0 Å². The molecule has 1 aromatic heterocycles. The average molecular weight is 412 g/mol. The Morgan fingerprint density at radius 2 is 2.20 bits per heavy atom. The molecule has 0 aliphatic heterocycles. The Kier molecular flexibility index (Phi) is 4.97. The Labute approximate surface area is 156 Å². The zero-order valence-electron chi connectivity index (χ0n) is 15.0. The number of anilines is 1. The summed E-state index contributed by atoms with van der Waals surface area (Å²) in [7, 11) is 0. The van der Waals surface area contributed by atoms with Crippen molar-refractivity contribution in [2.45, 2.75) is 59.0 Å². The number of hydrogen-bond donors (Lipinski definition) is 2. The molecule has 25 heavy (non-hydrogen) atoms. The second-order valence-electron chi connectivity index (χ2n) is 8.10. The van der Waals surface area contributed by atoms with Gasteiger partial charge in [0.05, 0.1) is 11.9 Å². The van der Waals surface area contributed by atoms with Crippen molar-refractivity contribution >= 4 is 27.6 Å². The zero-order chi connectivity index (χ0) is 18.4. The molecule has 0 saturated heterocycles. The minimum atomic E-state index is -0.863. The quantitative estimate of drug-likeness (QED) is 0.749. The maximum atomic E-state index is 12.4.